The minimum Gasteiger partial charge on any atom is -0.395 e. The van der Waals surface area contributed by atoms with Crippen LogP contribution in [0.3, 0.4) is 0 Å². The van der Waals surface area contributed by atoms with E-state index in [1.807, 2.05) is 6.07 Å². The lowest BCUT2D eigenvalue weighted by Gasteiger charge is -2.22. The molecule has 1 aliphatic heterocycles. The van der Waals surface area contributed by atoms with Crippen molar-refractivity contribution in [2.24, 2.45) is 0 Å². The van der Waals surface area contributed by atoms with Crippen LogP contribution in [-0.2, 0) is 6.54 Å². The summed E-state index contributed by atoms with van der Waals surface area (Å²) >= 11 is 0. The van der Waals surface area contributed by atoms with E-state index in [0.29, 0.717) is 17.7 Å². The Kier molecular flexibility index (Phi) is 3.72. The van der Waals surface area contributed by atoms with Gasteiger partial charge in [0.1, 0.15) is 5.82 Å². The summed E-state index contributed by atoms with van der Waals surface area (Å²) in [5.41, 5.74) is 0.927. The quantitative estimate of drug-likeness (QED) is 0.865. The van der Waals surface area contributed by atoms with Crippen molar-refractivity contribution in [3.8, 4) is 6.07 Å². The van der Waals surface area contributed by atoms with Crippen LogP contribution >= 0.6 is 0 Å². The molecule has 0 saturated carbocycles. The Labute approximate surface area is 100 Å². The third-order valence-electron chi connectivity index (χ3n) is 3.27. The molecule has 0 aromatic heterocycles. The summed E-state index contributed by atoms with van der Waals surface area (Å²) in [6, 6.07) is 6.60. The molecule has 1 aromatic rings. The monoisotopic (exact) mass is 234 g/mol. The summed E-state index contributed by atoms with van der Waals surface area (Å²) in [6.45, 7) is 1.52. The predicted octanol–water partition coefficient (Wildman–Crippen LogP) is 1.65. The van der Waals surface area contributed by atoms with E-state index in [1.165, 1.54) is 6.07 Å². The van der Waals surface area contributed by atoms with Gasteiger partial charge in [0.2, 0.25) is 0 Å². The highest BCUT2D eigenvalue weighted by molar-refractivity contribution is 5.32. The van der Waals surface area contributed by atoms with Gasteiger partial charge in [-0.25, -0.2) is 4.39 Å². The van der Waals surface area contributed by atoms with Gasteiger partial charge in [0.25, 0.3) is 0 Å². The van der Waals surface area contributed by atoms with Crippen molar-refractivity contribution < 1.29 is 9.50 Å². The number of hydrogen-bond donors (Lipinski definition) is 1. The molecular weight excluding hydrogens is 219 g/mol. The first-order chi connectivity index (χ1) is 8.24. The number of benzene rings is 1. The second-order valence-corrected chi connectivity index (χ2v) is 4.37. The van der Waals surface area contributed by atoms with Crippen molar-refractivity contribution in [1.82, 2.24) is 4.90 Å². The molecule has 0 aliphatic carbocycles. The van der Waals surface area contributed by atoms with Crippen LogP contribution in [0.5, 0.6) is 0 Å². The molecule has 1 aliphatic rings. The number of halogens is 1. The van der Waals surface area contributed by atoms with Gasteiger partial charge < -0.3 is 5.11 Å². The summed E-state index contributed by atoms with van der Waals surface area (Å²) in [5, 5.41) is 17.8. The lowest BCUT2D eigenvalue weighted by molar-refractivity contribution is 0.152. The normalized spacial score (nSPS) is 20.4. The molecule has 1 N–H and O–H groups in total. The van der Waals surface area contributed by atoms with Gasteiger partial charge in [-0.2, -0.15) is 5.26 Å². The van der Waals surface area contributed by atoms with Crippen molar-refractivity contribution in [2.75, 3.05) is 13.2 Å². The first-order valence-electron chi connectivity index (χ1n) is 5.78. The minimum absolute atomic E-state index is 0.123. The maximum Gasteiger partial charge on any atom is 0.129 e. The Hall–Kier alpha value is -1.44. The molecule has 90 valence electrons. The fraction of sp³-hybridized carbons (Fsp3) is 0.462. The van der Waals surface area contributed by atoms with Crippen LogP contribution in [0.4, 0.5) is 4.39 Å². The van der Waals surface area contributed by atoms with Gasteiger partial charge in [-0.3, -0.25) is 4.90 Å². The van der Waals surface area contributed by atoms with Gasteiger partial charge in [0.05, 0.1) is 18.2 Å². The molecule has 0 unspecified atom stereocenters. The van der Waals surface area contributed by atoms with E-state index in [9.17, 15) is 9.50 Å². The fourth-order valence-electron chi connectivity index (χ4n) is 2.27. The highest BCUT2D eigenvalue weighted by Crippen LogP contribution is 2.21. The van der Waals surface area contributed by atoms with E-state index < -0.39 is 0 Å². The Balaban J connectivity index is 2.11. The van der Waals surface area contributed by atoms with Gasteiger partial charge in [0, 0.05) is 18.2 Å². The molecule has 2 rings (SSSR count). The molecule has 0 spiro atoms. The van der Waals surface area contributed by atoms with Crippen LogP contribution in [0, 0.1) is 17.1 Å². The third kappa shape index (κ3) is 2.63. The van der Waals surface area contributed by atoms with E-state index in [-0.39, 0.29) is 18.5 Å². The predicted molar refractivity (Wildman–Crippen MR) is 61.6 cm³/mol. The van der Waals surface area contributed by atoms with Gasteiger partial charge in [-0.15, -0.1) is 0 Å². The topological polar surface area (TPSA) is 47.3 Å². The van der Waals surface area contributed by atoms with E-state index in [4.69, 9.17) is 5.26 Å². The average molecular weight is 234 g/mol. The standard InChI is InChI=1S/C13H15FN2O/c14-13-6-10(7-15)3-4-11(13)8-16-5-1-2-12(16)9-17/h3-4,6,12,17H,1-2,5,8-9H2/t12-/m0/s1. The number of aliphatic hydroxyl groups is 1. The Morgan fingerprint density at radius 2 is 2.35 bits per heavy atom. The number of aliphatic hydroxyl groups excluding tert-OH is 1. The number of likely N-dealkylation sites (tertiary alicyclic amines) is 1. The SMILES string of the molecule is N#Cc1ccc(CN2CCC[C@H]2CO)c(F)c1. The van der Waals surface area contributed by atoms with E-state index in [0.717, 1.165) is 19.4 Å². The Bertz CT molecular complexity index is 442. The molecule has 1 fully saturated rings. The highest BCUT2D eigenvalue weighted by Gasteiger charge is 2.24. The zero-order valence-electron chi connectivity index (χ0n) is 9.56. The summed E-state index contributed by atoms with van der Waals surface area (Å²) in [6.07, 6.45) is 2.01. The largest absolute Gasteiger partial charge is 0.395 e. The second kappa shape index (κ2) is 5.26. The molecular formula is C13H15FN2O. The highest BCUT2D eigenvalue weighted by atomic mass is 19.1. The van der Waals surface area contributed by atoms with Crippen LogP contribution in [0.1, 0.15) is 24.0 Å². The number of hydrogen-bond acceptors (Lipinski definition) is 3. The van der Waals surface area contributed by atoms with Crippen molar-refractivity contribution in [3.63, 3.8) is 0 Å². The van der Waals surface area contributed by atoms with E-state index in [2.05, 4.69) is 4.90 Å². The zero-order valence-corrected chi connectivity index (χ0v) is 9.56. The van der Waals surface area contributed by atoms with Crippen molar-refractivity contribution in [2.45, 2.75) is 25.4 Å². The van der Waals surface area contributed by atoms with Crippen molar-refractivity contribution in [3.05, 3.63) is 35.1 Å². The summed E-state index contributed by atoms with van der Waals surface area (Å²) in [7, 11) is 0. The van der Waals surface area contributed by atoms with E-state index in [1.54, 1.807) is 12.1 Å². The summed E-state index contributed by atoms with van der Waals surface area (Å²) < 4.78 is 13.7. The number of nitrogens with zero attached hydrogens (tertiary/aromatic N) is 2. The fourth-order valence-corrected chi connectivity index (χ4v) is 2.27. The number of rotatable bonds is 3. The van der Waals surface area contributed by atoms with Crippen molar-refractivity contribution in [1.29, 1.82) is 5.26 Å². The van der Waals surface area contributed by atoms with Crippen molar-refractivity contribution >= 4 is 0 Å². The average Bonchev–Trinajstić information content (AvgIpc) is 2.79. The maximum absolute atomic E-state index is 13.7. The molecule has 4 heteroatoms. The Morgan fingerprint density at radius 1 is 1.53 bits per heavy atom. The number of nitriles is 1. The van der Waals surface area contributed by atoms with Gasteiger partial charge in [-0.05, 0) is 31.5 Å². The van der Waals surface area contributed by atoms with Crippen LogP contribution in [0.2, 0.25) is 0 Å². The van der Waals surface area contributed by atoms with Crippen LogP contribution in [0.25, 0.3) is 0 Å². The molecule has 3 nitrogen and oxygen atoms in total. The Morgan fingerprint density at radius 3 is 3.00 bits per heavy atom. The molecule has 0 radical (unpaired) electrons. The smallest absolute Gasteiger partial charge is 0.129 e. The molecule has 1 heterocycles. The maximum atomic E-state index is 13.7. The van der Waals surface area contributed by atoms with E-state index >= 15 is 0 Å². The molecule has 0 bridgehead atoms. The van der Waals surface area contributed by atoms with Gasteiger partial charge >= 0.3 is 0 Å². The molecule has 0 amide bonds. The molecule has 17 heavy (non-hydrogen) atoms. The first kappa shape index (κ1) is 12.0. The lowest BCUT2D eigenvalue weighted by Crippen LogP contribution is -2.31. The van der Waals surface area contributed by atoms with Gasteiger partial charge in [0.15, 0.2) is 0 Å². The summed E-state index contributed by atoms with van der Waals surface area (Å²) in [5.74, 6) is -0.340. The minimum atomic E-state index is -0.340. The second-order valence-electron chi connectivity index (χ2n) is 4.37. The molecule has 1 saturated heterocycles. The first-order valence-corrected chi connectivity index (χ1v) is 5.78. The third-order valence-corrected chi connectivity index (χ3v) is 3.27. The van der Waals surface area contributed by atoms with Gasteiger partial charge in [-0.1, -0.05) is 6.07 Å². The zero-order chi connectivity index (χ0) is 12.3. The van der Waals surface area contributed by atoms with Crippen LogP contribution in [0.15, 0.2) is 18.2 Å². The molecule has 1 aromatic carbocycles. The van der Waals surface area contributed by atoms with Crippen LogP contribution in [-0.4, -0.2) is 29.2 Å². The molecule has 1 atom stereocenters. The van der Waals surface area contributed by atoms with Crippen LogP contribution < -0.4 is 0 Å². The lowest BCUT2D eigenvalue weighted by atomic mass is 10.1. The summed E-state index contributed by atoms with van der Waals surface area (Å²) in [4.78, 5) is 2.09.